The van der Waals surface area contributed by atoms with Gasteiger partial charge in [-0.25, -0.2) is 9.97 Å². The predicted octanol–water partition coefficient (Wildman–Crippen LogP) is 5.50. The standard InChI is InChI=1S/C22H16N4S/c27-25-16-11-9-15(10-12-16)19-13-14-23-22(24-19)26-20-7-3-1-5-17(20)18-6-2-4-8-21(18)26/h1-14,25,27H. The Morgan fingerprint density at radius 2 is 1.37 bits per heavy atom. The summed E-state index contributed by atoms with van der Waals surface area (Å²) in [4.78, 5) is 9.42. The second-order valence-corrected chi connectivity index (χ2v) is 6.52. The molecule has 0 aliphatic carbocycles. The van der Waals surface area contributed by atoms with Crippen molar-refractivity contribution in [2.45, 2.75) is 0 Å². The van der Waals surface area contributed by atoms with Crippen molar-refractivity contribution in [2.24, 2.45) is 0 Å². The maximum absolute atomic E-state index is 4.85. The van der Waals surface area contributed by atoms with Gasteiger partial charge in [-0.15, -0.1) is 0 Å². The summed E-state index contributed by atoms with van der Waals surface area (Å²) >= 11 is 4.08. The molecule has 0 saturated heterocycles. The summed E-state index contributed by atoms with van der Waals surface area (Å²) in [6.07, 6.45) is 1.81. The van der Waals surface area contributed by atoms with Gasteiger partial charge in [0, 0.05) is 28.2 Å². The Balaban J connectivity index is 1.73. The minimum absolute atomic E-state index is 0.668. The van der Waals surface area contributed by atoms with E-state index in [-0.39, 0.29) is 0 Å². The van der Waals surface area contributed by atoms with Crippen molar-refractivity contribution >= 4 is 40.3 Å². The van der Waals surface area contributed by atoms with E-state index in [1.807, 2.05) is 48.7 Å². The van der Waals surface area contributed by atoms with Crippen LogP contribution in [0, 0.1) is 0 Å². The molecule has 3 aromatic carbocycles. The summed E-state index contributed by atoms with van der Waals surface area (Å²) < 4.78 is 4.96. The number of nitrogens with zero attached hydrogens (tertiary/aromatic N) is 3. The van der Waals surface area contributed by atoms with E-state index >= 15 is 0 Å². The molecule has 0 radical (unpaired) electrons. The van der Waals surface area contributed by atoms with Gasteiger partial charge in [-0.3, -0.25) is 4.57 Å². The molecule has 2 heterocycles. The molecular formula is C22H16N4S. The van der Waals surface area contributed by atoms with Crippen molar-refractivity contribution < 1.29 is 0 Å². The lowest BCUT2D eigenvalue weighted by Gasteiger charge is -2.08. The van der Waals surface area contributed by atoms with Gasteiger partial charge >= 0.3 is 0 Å². The van der Waals surface area contributed by atoms with E-state index in [0.29, 0.717) is 5.95 Å². The Morgan fingerprint density at radius 3 is 2.00 bits per heavy atom. The molecule has 0 unspecified atom stereocenters. The Hall–Kier alpha value is -3.31. The third-order valence-electron chi connectivity index (χ3n) is 4.73. The summed E-state index contributed by atoms with van der Waals surface area (Å²) in [6.45, 7) is 0. The zero-order valence-corrected chi connectivity index (χ0v) is 15.3. The highest BCUT2D eigenvalue weighted by molar-refractivity contribution is 7.81. The molecule has 130 valence electrons. The van der Waals surface area contributed by atoms with E-state index in [1.54, 1.807) is 0 Å². The summed E-state index contributed by atoms with van der Waals surface area (Å²) in [6, 6.07) is 26.7. The SMILES string of the molecule is SNc1ccc(-c2ccnc(-n3c4ccccc4c4ccccc43)n2)cc1. The van der Waals surface area contributed by atoms with Gasteiger partial charge in [0.2, 0.25) is 5.95 Å². The van der Waals surface area contributed by atoms with Crippen LogP contribution in [-0.4, -0.2) is 14.5 Å². The number of para-hydroxylation sites is 2. The Bertz CT molecular complexity index is 1210. The molecule has 0 atom stereocenters. The van der Waals surface area contributed by atoms with Crippen LogP contribution in [0.25, 0.3) is 39.0 Å². The van der Waals surface area contributed by atoms with E-state index in [0.717, 1.165) is 28.0 Å². The molecule has 5 heteroatoms. The minimum atomic E-state index is 0.668. The van der Waals surface area contributed by atoms with Crippen LogP contribution in [0.3, 0.4) is 0 Å². The van der Waals surface area contributed by atoms with Crippen molar-refractivity contribution in [3.8, 4) is 17.2 Å². The maximum Gasteiger partial charge on any atom is 0.235 e. The zero-order valence-electron chi connectivity index (χ0n) is 14.4. The van der Waals surface area contributed by atoms with Gasteiger partial charge in [0.05, 0.1) is 16.7 Å². The summed E-state index contributed by atoms with van der Waals surface area (Å²) in [5.74, 6) is 0.668. The fourth-order valence-electron chi connectivity index (χ4n) is 3.47. The Kier molecular flexibility index (Phi) is 3.80. The van der Waals surface area contributed by atoms with Crippen LogP contribution >= 0.6 is 12.8 Å². The molecule has 0 amide bonds. The number of nitrogens with one attached hydrogen (secondary N) is 1. The Labute approximate surface area is 162 Å². The summed E-state index contributed by atoms with van der Waals surface area (Å²) in [5.41, 5.74) is 5.06. The summed E-state index contributed by atoms with van der Waals surface area (Å²) in [5, 5.41) is 2.40. The first-order valence-corrected chi connectivity index (χ1v) is 9.12. The molecule has 0 saturated carbocycles. The quantitative estimate of drug-likeness (QED) is 0.413. The molecule has 5 rings (SSSR count). The summed E-state index contributed by atoms with van der Waals surface area (Å²) in [7, 11) is 0. The smallest absolute Gasteiger partial charge is 0.235 e. The monoisotopic (exact) mass is 368 g/mol. The minimum Gasteiger partial charge on any atom is -0.332 e. The first-order chi connectivity index (χ1) is 13.3. The second-order valence-electron chi connectivity index (χ2n) is 6.30. The van der Waals surface area contributed by atoms with E-state index in [1.165, 1.54) is 10.8 Å². The number of fused-ring (bicyclic) bond motifs is 3. The molecule has 0 aliphatic heterocycles. The molecule has 5 aromatic rings. The number of rotatable bonds is 3. The number of benzene rings is 3. The van der Waals surface area contributed by atoms with Crippen LogP contribution in [0.4, 0.5) is 5.69 Å². The van der Waals surface area contributed by atoms with Gasteiger partial charge in [-0.05, 0) is 30.3 Å². The largest absolute Gasteiger partial charge is 0.332 e. The highest BCUT2D eigenvalue weighted by Gasteiger charge is 2.13. The number of aromatic nitrogens is 3. The first-order valence-electron chi connectivity index (χ1n) is 8.67. The lowest BCUT2D eigenvalue weighted by Crippen LogP contribution is -2.01. The van der Waals surface area contributed by atoms with Gasteiger partial charge in [0.25, 0.3) is 0 Å². The van der Waals surface area contributed by atoms with Crippen LogP contribution in [0.2, 0.25) is 0 Å². The number of thiol groups is 1. The molecule has 4 nitrogen and oxygen atoms in total. The fraction of sp³-hybridized carbons (Fsp3) is 0. The van der Waals surface area contributed by atoms with Gasteiger partial charge in [-0.1, -0.05) is 61.3 Å². The molecule has 0 spiro atoms. The van der Waals surface area contributed by atoms with Gasteiger partial charge in [0.1, 0.15) is 0 Å². The average Bonchev–Trinajstić information content (AvgIpc) is 3.08. The number of hydrogen-bond donors (Lipinski definition) is 2. The van der Waals surface area contributed by atoms with E-state index < -0.39 is 0 Å². The van der Waals surface area contributed by atoms with Crippen LogP contribution in [0.1, 0.15) is 0 Å². The van der Waals surface area contributed by atoms with Crippen LogP contribution in [0.15, 0.2) is 85.1 Å². The third kappa shape index (κ3) is 2.64. The Morgan fingerprint density at radius 1 is 0.741 bits per heavy atom. The van der Waals surface area contributed by atoms with Gasteiger partial charge < -0.3 is 4.72 Å². The zero-order chi connectivity index (χ0) is 18.2. The highest BCUT2D eigenvalue weighted by atomic mass is 32.1. The van der Waals surface area contributed by atoms with Crippen LogP contribution in [-0.2, 0) is 0 Å². The molecule has 0 fully saturated rings. The lowest BCUT2D eigenvalue weighted by atomic mass is 10.1. The van der Waals surface area contributed by atoms with E-state index in [9.17, 15) is 0 Å². The third-order valence-corrected chi connectivity index (χ3v) is 4.99. The highest BCUT2D eigenvalue weighted by Crippen LogP contribution is 2.31. The molecule has 27 heavy (non-hydrogen) atoms. The van der Waals surface area contributed by atoms with Crippen molar-refractivity contribution in [1.29, 1.82) is 0 Å². The van der Waals surface area contributed by atoms with Crippen LogP contribution in [0.5, 0.6) is 0 Å². The van der Waals surface area contributed by atoms with Crippen molar-refractivity contribution in [3.05, 3.63) is 85.1 Å². The molecule has 1 N–H and O–H groups in total. The number of anilines is 1. The lowest BCUT2D eigenvalue weighted by molar-refractivity contribution is 0.992. The maximum atomic E-state index is 4.85. The average molecular weight is 368 g/mol. The van der Waals surface area contributed by atoms with Gasteiger partial charge in [0.15, 0.2) is 0 Å². The molecule has 2 aromatic heterocycles. The number of hydrogen-bond acceptors (Lipinski definition) is 4. The fourth-order valence-corrected chi connectivity index (χ4v) is 3.62. The molecule has 0 aliphatic rings. The molecule has 0 bridgehead atoms. The topological polar surface area (TPSA) is 42.7 Å². The second kappa shape index (κ2) is 6.45. The predicted molar refractivity (Wildman–Crippen MR) is 114 cm³/mol. The normalized spacial score (nSPS) is 11.1. The van der Waals surface area contributed by atoms with E-state index in [2.05, 4.69) is 63.5 Å². The van der Waals surface area contributed by atoms with Crippen molar-refractivity contribution in [3.63, 3.8) is 0 Å². The molecular weight excluding hydrogens is 352 g/mol. The van der Waals surface area contributed by atoms with Gasteiger partial charge in [-0.2, -0.15) is 0 Å². The van der Waals surface area contributed by atoms with Crippen molar-refractivity contribution in [1.82, 2.24) is 14.5 Å². The first kappa shape index (κ1) is 15.9. The van der Waals surface area contributed by atoms with E-state index in [4.69, 9.17) is 4.98 Å². The van der Waals surface area contributed by atoms with Crippen molar-refractivity contribution in [2.75, 3.05) is 4.72 Å². The van der Waals surface area contributed by atoms with Crippen LogP contribution < -0.4 is 4.72 Å².